The van der Waals surface area contributed by atoms with Crippen LogP contribution in [0.25, 0.3) is 0 Å². The average molecular weight is 264 g/mol. The van der Waals surface area contributed by atoms with Gasteiger partial charge in [0.25, 0.3) is 0 Å². The van der Waals surface area contributed by atoms with Crippen molar-refractivity contribution in [2.75, 3.05) is 6.61 Å². The number of ether oxygens (including phenoxy) is 2. The summed E-state index contributed by atoms with van der Waals surface area (Å²) in [5, 5.41) is 0. The minimum atomic E-state index is -0.282. The largest absolute Gasteiger partial charge is 0.459 e. The second-order valence-electron chi connectivity index (χ2n) is 8.09. The third-order valence-corrected chi connectivity index (χ3v) is 6.78. The van der Waals surface area contributed by atoms with Crippen LogP contribution in [0.15, 0.2) is 0 Å². The van der Waals surface area contributed by atoms with Crippen molar-refractivity contribution in [3.63, 3.8) is 0 Å². The third-order valence-electron chi connectivity index (χ3n) is 6.78. The van der Waals surface area contributed by atoms with Gasteiger partial charge in [0.2, 0.25) is 0 Å². The van der Waals surface area contributed by atoms with Gasteiger partial charge in [0, 0.05) is 12.3 Å². The maximum atomic E-state index is 11.9. The lowest BCUT2D eigenvalue weighted by atomic mass is 9.45. The van der Waals surface area contributed by atoms with Gasteiger partial charge in [-0.3, -0.25) is 4.79 Å². The van der Waals surface area contributed by atoms with Gasteiger partial charge in [0.05, 0.1) is 19.1 Å². The van der Waals surface area contributed by atoms with E-state index < -0.39 is 0 Å². The van der Waals surface area contributed by atoms with Crippen molar-refractivity contribution < 1.29 is 14.3 Å². The van der Waals surface area contributed by atoms with Crippen LogP contribution in [-0.4, -0.2) is 24.3 Å². The van der Waals surface area contributed by atoms with E-state index in [4.69, 9.17) is 9.47 Å². The van der Waals surface area contributed by atoms with Crippen LogP contribution >= 0.6 is 0 Å². The molecule has 106 valence electrons. The van der Waals surface area contributed by atoms with Gasteiger partial charge in [-0.15, -0.1) is 0 Å². The summed E-state index contributed by atoms with van der Waals surface area (Å²) in [6.45, 7) is 7.84. The molecule has 3 nitrogen and oxygen atoms in total. The van der Waals surface area contributed by atoms with E-state index in [1.54, 1.807) is 0 Å². The van der Waals surface area contributed by atoms with E-state index in [0.29, 0.717) is 29.8 Å². The van der Waals surface area contributed by atoms with Crippen LogP contribution in [0.1, 0.15) is 52.9 Å². The number of carbonyl (C=O) groups excluding carboxylic acids is 1. The van der Waals surface area contributed by atoms with Gasteiger partial charge < -0.3 is 9.47 Å². The molecule has 0 spiro atoms. The molecule has 0 bridgehead atoms. The first-order valence-electron chi connectivity index (χ1n) is 7.71. The molecule has 0 radical (unpaired) electrons. The molecule has 4 rings (SSSR count). The van der Waals surface area contributed by atoms with Crippen LogP contribution in [-0.2, 0) is 14.3 Å². The SMILES string of the molecule is C[C@]12CCC[C@]3(C)[C@H]4CC(=O)O[C@]4(C)C[C@H](OC1)[C@@H]23. The molecule has 19 heavy (non-hydrogen) atoms. The Kier molecular flexibility index (Phi) is 2.16. The van der Waals surface area contributed by atoms with Crippen molar-refractivity contribution in [1.29, 1.82) is 0 Å². The zero-order valence-corrected chi connectivity index (χ0v) is 12.2. The van der Waals surface area contributed by atoms with Crippen LogP contribution in [0.5, 0.6) is 0 Å². The molecule has 3 heteroatoms. The summed E-state index contributed by atoms with van der Waals surface area (Å²) in [4.78, 5) is 11.9. The summed E-state index contributed by atoms with van der Waals surface area (Å²) in [6.07, 6.45) is 5.58. The van der Waals surface area contributed by atoms with Crippen molar-refractivity contribution in [1.82, 2.24) is 0 Å². The Morgan fingerprint density at radius 2 is 2.00 bits per heavy atom. The molecule has 2 aliphatic carbocycles. The van der Waals surface area contributed by atoms with Crippen molar-refractivity contribution in [3.8, 4) is 0 Å². The highest BCUT2D eigenvalue weighted by Crippen LogP contribution is 2.67. The summed E-state index contributed by atoms with van der Waals surface area (Å²) >= 11 is 0. The monoisotopic (exact) mass is 264 g/mol. The van der Waals surface area contributed by atoms with Gasteiger partial charge in [0.1, 0.15) is 5.60 Å². The number of carbonyl (C=O) groups is 1. The molecule has 2 heterocycles. The number of hydrogen-bond donors (Lipinski definition) is 0. The van der Waals surface area contributed by atoms with E-state index in [0.717, 1.165) is 13.0 Å². The number of esters is 1. The first kappa shape index (κ1) is 12.2. The Balaban J connectivity index is 1.82. The fourth-order valence-electron chi connectivity index (χ4n) is 6.25. The van der Waals surface area contributed by atoms with Crippen LogP contribution in [0.4, 0.5) is 0 Å². The highest BCUT2D eigenvalue weighted by molar-refractivity contribution is 5.73. The van der Waals surface area contributed by atoms with E-state index in [2.05, 4.69) is 20.8 Å². The van der Waals surface area contributed by atoms with E-state index in [-0.39, 0.29) is 17.0 Å². The maximum absolute atomic E-state index is 11.9. The predicted octanol–water partition coefficient (Wildman–Crippen LogP) is 2.92. The van der Waals surface area contributed by atoms with Crippen molar-refractivity contribution in [3.05, 3.63) is 0 Å². The second kappa shape index (κ2) is 3.36. The molecule has 0 aromatic rings. The lowest BCUT2D eigenvalue weighted by molar-refractivity contribution is -0.172. The Morgan fingerprint density at radius 1 is 1.21 bits per heavy atom. The van der Waals surface area contributed by atoms with E-state index in [1.807, 2.05) is 0 Å². The number of fused-ring (bicyclic) bond motifs is 2. The molecule has 2 saturated carbocycles. The highest BCUT2D eigenvalue weighted by Gasteiger charge is 2.68. The first-order valence-corrected chi connectivity index (χ1v) is 7.71. The van der Waals surface area contributed by atoms with Crippen LogP contribution < -0.4 is 0 Å². The Bertz CT molecular complexity index is 447. The molecule has 2 saturated heterocycles. The lowest BCUT2D eigenvalue weighted by Crippen LogP contribution is -2.59. The van der Waals surface area contributed by atoms with Gasteiger partial charge >= 0.3 is 5.97 Å². The number of hydrogen-bond acceptors (Lipinski definition) is 3. The maximum Gasteiger partial charge on any atom is 0.306 e. The molecule has 4 fully saturated rings. The standard InChI is InChI=1S/C16H24O3/c1-14-5-4-6-15(2)11-7-12(17)19-16(11,3)8-10(13(14)15)18-9-14/h10-11,13H,4-9H2,1-3H3/t10-,11+,13-,14-,15+,16+/m0/s1. The first-order chi connectivity index (χ1) is 8.87. The molecule has 0 N–H and O–H groups in total. The average Bonchev–Trinajstić information content (AvgIpc) is 2.78. The summed E-state index contributed by atoms with van der Waals surface area (Å²) in [5.41, 5.74) is 0.257. The van der Waals surface area contributed by atoms with Crippen LogP contribution in [0.2, 0.25) is 0 Å². The van der Waals surface area contributed by atoms with Crippen LogP contribution in [0.3, 0.4) is 0 Å². The van der Waals surface area contributed by atoms with Crippen molar-refractivity contribution >= 4 is 5.97 Å². The predicted molar refractivity (Wildman–Crippen MR) is 70.5 cm³/mol. The quantitative estimate of drug-likeness (QED) is 0.631. The van der Waals surface area contributed by atoms with Gasteiger partial charge in [-0.25, -0.2) is 0 Å². The molecule has 0 amide bonds. The second-order valence-corrected chi connectivity index (χ2v) is 8.09. The zero-order valence-electron chi connectivity index (χ0n) is 12.2. The normalized spacial score (nSPS) is 59.5. The molecule has 4 aliphatic rings. The van der Waals surface area contributed by atoms with Gasteiger partial charge in [-0.05, 0) is 36.5 Å². The minimum Gasteiger partial charge on any atom is -0.459 e. The third kappa shape index (κ3) is 1.35. The Labute approximate surface area is 115 Å². The zero-order chi connectivity index (χ0) is 13.5. The summed E-state index contributed by atoms with van der Waals surface area (Å²) in [6, 6.07) is 0. The summed E-state index contributed by atoms with van der Waals surface area (Å²) < 4.78 is 11.9. The summed E-state index contributed by atoms with van der Waals surface area (Å²) in [7, 11) is 0. The van der Waals surface area contributed by atoms with Crippen LogP contribution in [0, 0.1) is 22.7 Å². The highest BCUT2D eigenvalue weighted by atomic mass is 16.6. The fraction of sp³-hybridized carbons (Fsp3) is 0.938. The Hall–Kier alpha value is -0.570. The van der Waals surface area contributed by atoms with Crippen molar-refractivity contribution in [2.24, 2.45) is 22.7 Å². The van der Waals surface area contributed by atoms with Gasteiger partial charge in [-0.2, -0.15) is 0 Å². The summed E-state index contributed by atoms with van der Waals surface area (Å²) in [5.74, 6) is 0.998. The fourth-order valence-corrected chi connectivity index (χ4v) is 6.25. The number of rotatable bonds is 0. The van der Waals surface area contributed by atoms with E-state index in [1.165, 1.54) is 19.3 Å². The van der Waals surface area contributed by atoms with E-state index in [9.17, 15) is 4.79 Å². The van der Waals surface area contributed by atoms with Gasteiger partial charge in [-0.1, -0.05) is 20.3 Å². The molecule has 0 aromatic carbocycles. The molecule has 0 unspecified atom stereocenters. The lowest BCUT2D eigenvalue weighted by Gasteiger charge is -2.58. The molecular formula is C16H24O3. The molecular weight excluding hydrogens is 240 g/mol. The van der Waals surface area contributed by atoms with Crippen molar-refractivity contribution in [2.45, 2.75) is 64.6 Å². The Morgan fingerprint density at radius 3 is 2.79 bits per heavy atom. The topological polar surface area (TPSA) is 35.5 Å². The smallest absolute Gasteiger partial charge is 0.306 e. The van der Waals surface area contributed by atoms with E-state index >= 15 is 0 Å². The minimum absolute atomic E-state index is 0.000903. The molecule has 2 aliphatic heterocycles. The molecule has 0 aromatic heterocycles. The van der Waals surface area contributed by atoms with Gasteiger partial charge in [0.15, 0.2) is 0 Å². The molecule has 6 atom stereocenters.